The highest BCUT2D eigenvalue weighted by atomic mass is 35.5. The normalized spacial score (nSPS) is 17.3. The van der Waals surface area contributed by atoms with Crippen molar-refractivity contribution >= 4 is 11.6 Å². The first-order chi connectivity index (χ1) is 8.29. The zero-order chi connectivity index (χ0) is 12.1. The molecule has 0 radical (unpaired) electrons. The van der Waals surface area contributed by atoms with Crippen LogP contribution in [0.3, 0.4) is 0 Å². The topological polar surface area (TPSA) is 35.2 Å². The van der Waals surface area contributed by atoms with Crippen molar-refractivity contribution in [2.75, 3.05) is 0 Å². The van der Waals surface area contributed by atoms with E-state index in [1.54, 1.807) is 0 Å². The molecule has 2 rings (SSSR count). The minimum absolute atomic E-state index is 0.425. The third kappa shape index (κ3) is 3.70. The lowest BCUT2D eigenvalue weighted by Gasteiger charge is -2.22. The third-order valence-electron chi connectivity index (χ3n) is 3.38. The van der Waals surface area contributed by atoms with E-state index in [0.29, 0.717) is 19.3 Å². The molecule has 0 heterocycles. The van der Waals surface area contributed by atoms with Crippen molar-refractivity contribution in [1.82, 2.24) is 0 Å². The Labute approximate surface area is 108 Å². The lowest BCUT2D eigenvalue weighted by Crippen LogP contribution is -2.16. The van der Waals surface area contributed by atoms with Crippen LogP contribution in [0.25, 0.3) is 0 Å². The summed E-state index contributed by atoms with van der Waals surface area (Å²) in [5.41, 5.74) is 7.70. The number of hydrogen-bond acceptors (Lipinski definition) is 2. The summed E-state index contributed by atoms with van der Waals surface area (Å²) in [5.74, 6) is 0. The first-order valence-corrected chi connectivity index (χ1v) is 6.76. The zero-order valence-corrected chi connectivity index (χ0v) is 10.9. The molecule has 0 atom stereocenters. The highest BCUT2D eigenvalue weighted by Gasteiger charge is 2.14. The molecular weight excluding hydrogens is 234 g/mol. The van der Waals surface area contributed by atoms with Crippen LogP contribution in [-0.4, -0.2) is 6.10 Å². The van der Waals surface area contributed by atoms with Gasteiger partial charge in [-0.05, 0) is 30.0 Å². The summed E-state index contributed by atoms with van der Waals surface area (Å²) in [5, 5.41) is 0.767. The van der Waals surface area contributed by atoms with Crippen molar-refractivity contribution in [2.24, 2.45) is 5.73 Å². The number of ether oxygens (including phenoxy) is 1. The van der Waals surface area contributed by atoms with E-state index in [0.717, 1.165) is 16.1 Å². The lowest BCUT2D eigenvalue weighted by molar-refractivity contribution is 0.0169. The minimum atomic E-state index is 0.425. The molecule has 0 spiro atoms. The van der Waals surface area contributed by atoms with Crippen molar-refractivity contribution in [2.45, 2.75) is 51.4 Å². The van der Waals surface area contributed by atoms with Gasteiger partial charge in [0.1, 0.15) is 0 Å². The standard InChI is InChI=1S/C14H20ClNO/c15-14-8-11(9-16)6-7-12(14)10-17-13-4-2-1-3-5-13/h6-8,13H,1-5,9-10,16H2. The Morgan fingerprint density at radius 1 is 1.24 bits per heavy atom. The molecule has 1 aromatic rings. The molecule has 1 fully saturated rings. The Balaban J connectivity index is 1.89. The fourth-order valence-corrected chi connectivity index (χ4v) is 2.53. The smallest absolute Gasteiger partial charge is 0.0735 e. The van der Waals surface area contributed by atoms with E-state index < -0.39 is 0 Å². The number of benzene rings is 1. The van der Waals surface area contributed by atoms with Gasteiger partial charge in [0.15, 0.2) is 0 Å². The first kappa shape index (κ1) is 12.9. The molecule has 1 saturated carbocycles. The molecule has 1 aromatic carbocycles. The van der Waals surface area contributed by atoms with Gasteiger partial charge in [-0.1, -0.05) is 43.0 Å². The molecule has 3 heteroatoms. The second-order valence-corrected chi connectivity index (χ2v) is 5.11. The van der Waals surface area contributed by atoms with Crippen LogP contribution in [0.15, 0.2) is 18.2 Å². The van der Waals surface area contributed by atoms with E-state index in [4.69, 9.17) is 22.1 Å². The van der Waals surface area contributed by atoms with Gasteiger partial charge in [-0.15, -0.1) is 0 Å². The molecule has 0 unspecified atom stereocenters. The molecule has 17 heavy (non-hydrogen) atoms. The second kappa shape index (κ2) is 6.39. The molecule has 2 nitrogen and oxygen atoms in total. The maximum absolute atomic E-state index is 6.19. The summed E-state index contributed by atoms with van der Waals surface area (Å²) < 4.78 is 5.91. The number of rotatable bonds is 4. The van der Waals surface area contributed by atoms with Crippen LogP contribution in [0.5, 0.6) is 0 Å². The maximum Gasteiger partial charge on any atom is 0.0735 e. The largest absolute Gasteiger partial charge is 0.373 e. The van der Waals surface area contributed by atoms with Crippen LogP contribution in [0, 0.1) is 0 Å². The third-order valence-corrected chi connectivity index (χ3v) is 3.73. The average molecular weight is 254 g/mol. The first-order valence-electron chi connectivity index (χ1n) is 6.38. The second-order valence-electron chi connectivity index (χ2n) is 4.70. The molecule has 1 aliphatic rings. The Bertz CT molecular complexity index is 361. The van der Waals surface area contributed by atoms with Gasteiger partial charge in [-0.3, -0.25) is 0 Å². The number of hydrogen-bond donors (Lipinski definition) is 1. The van der Waals surface area contributed by atoms with E-state index >= 15 is 0 Å². The van der Waals surface area contributed by atoms with Crippen molar-refractivity contribution in [3.63, 3.8) is 0 Å². The SMILES string of the molecule is NCc1ccc(COC2CCCCC2)c(Cl)c1. The van der Waals surface area contributed by atoms with Gasteiger partial charge >= 0.3 is 0 Å². The number of halogens is 1. The highest BCUT2D eigenvalue weighted by molar-refractivity contribution is 6.31. The van der Waals surface area contributed by atoms with Crippen LogP contribution in [0.2, 0.25) is 5.02 Å². The highest BCUT2D eigenvalue weighted by Crippen LogP contribution is 2.24. The Morgan fingerprint density at radius 2 is 2.00 bits per heavy atom. The van der Waals surface area contributed by atoms with E-state index in [9.17, 15) is 0 Å². The van der Waals surface area contributed by atoms with Crippen LogP contribution in [-0.2, 0) is 17.9 Å². The summed E-state index contributed by atoms with van der Waals surface area (Å²) in [6.07, 6.45) is 6.76. The Hall–Kier alpha value is -0.570. The fourth-order valence-electron chi connectivity index (χ4n) is 2.27. The molecule has 2 N–H and O–H groups in total. The predicted molar refractivity (Wildman–Crippen MR) is 71.0 cm³/mol. The van der Waals surface area contributed by atoms with Gasteiger partial charge < -0.3 is 10.5 Å². The van der Waals surface area contributed by atoms with Crippen molar-refractivity contribution in [3.8, 4) is 0 Å². The summed E-state index contributed by atoms with van der Waals surface area (Å²) in [4.78, 5) is 0. The van der Waals surface area contributed by atoms with Crippen molar-refractivity contribution < 1.29 is 4.74 Å². The Morgan fingerprint density at radius 3 is 2.65 bits per heavy atom. The van der Waals surface area contributed by atoms with Crippen molar-refractivity contribution in [1.29, 1.82) is 0 Å². The van der Waals surface area contributed by atoms with Gasteiger partial charge in [0, 0.05) is 11.6 Å². The molecular formula is C14H20ClNO. The van der Waals surface area contributed by atoms with Gasteiger partial charge in [0.2, 0.25) is 0 Å². The zero-order valence-electron chi connectivity index (χ0n) is 10.1. The Kier molecular flexibility index (Phi) is 4.84. The predicted octanol–water partition coefficient (Wildman–Crippen LogP) is 3.65. The molecule has 0 aliphatic heterocycles. The summed E-state index contributed by atoms with van der Waals surface area (Å²) >= 11 is 6.19. The minimum Gasteiger partial charge on any atom is -0.373 e. The maximum atomic E-state index is 6.19. The summed E-state index contributed by atoms with van der Waals surface area (Å²) in [6, 6.07) is 5.97. The quantitative estimate of drug-likeness (QED) is 0.889. The van der Waals surface area contributed by atoms with Crippen molar-refractivity contribution in [3.05, 3.63) is 34.3 Å². The monoisotopic (exact) mass is 253 g/mol. The van der Waals surface area contributed by atoms with E-state index in [1.165, 1.54) is 32.1 Å². The van der Waals surface area contributed by atoms with E-state index in [-0.39, 0.29) is 0 Å². The fraction of sp³-hybridized carbons (Fsp3) is 0.571. The molecule has 0 saturated heterocycles. The van der Waals surface area contributed by atoms with Gasteiger partial charge in [0.25, 0.3) is 0 Å². The van der Waals surface area contributed by atoms with Gasteiger partial charge in [0.05, 0.1) is 12.7 Å². The summed E-state index contributed by atoms with van der Waals surface area (Å²) in [6.45, 7) is 1.15. The number of nitrogens with two attached hydrogens (primary N) is 1. The van der Waals surface area contributed by atoms with Crippen LogP contribution < -0.4 is 5.73 Å². The average Bonchev–Trinajstić information content (AvgIpc) is 2.38. The van der Waals surface area contributed by atoms with Crippen LogP contribution in [0.1, 0.15) is 43.2 Å². The molecule has 0 bridgehead atoms. The van der Waals surface area contributed by atoms with Crippen LogP contribution >= 0.6 is 11.6 Å². The van der Waals surface area contributed by atoms with Gasteiger partial charge in [-0.25, -0.2) is 0 Å². The van der Waals surface area contributed by atoms with Crippen LogP contribution in [0.4, 0.5) is 0 Å². The van der Waals surface area contributed by atoms with Gasteiger partial charge in [-0.2, -0.15) is 0 Å². The lowest BCUT2D eigenvalue weighted by atomic mass is 9.98. The summed E-state index contributed by atoms with van der Waals surface area (Å²) in [7, 11) is 0. The van der Waals surface area contributed by atoms with E-state index in [2.05, 4.69) is 0 Å². The molecule has 0 amide bonds. The van der Waals surface area contributed by atoms with E-state index in [1.807, 2.05) is 18.2 Å². The molecule has 94 valence electrons. The molecule has 1 aliphatic carbocycles. The molecule has 0 aromatic heterocycles.